The van der Waals surface area contributed by atoms with Crippen molar-refractivity contribution in [1.82, 2.24) is 10.1 Å². The fourth-order valence-electron chi connectivity index (χ4n) is 4.75. The monoisotopic (exact) mass is 404 g/mol. The van der Waals surface area contributed by atoms with Crippen LogP contribution in [0.3, 0.4) is 0 Å². The van der Waals surface area contributed by atoms with Gasteiger partial charge < -0.3 is 19.6 Å². The summed E-state index contributed by atoms with van der Waals surface area (Å²) in [5.74, 6) is 1.38. The standard InChI is InChI=1S/C24H28N4O2/c1-15-7-6-11-28(14-15)19-13-18(25-10-12-27(2)3)20-21-22(19)26-30-24(21)17-9-5-4-8-16(17)23(20)29/h4-5,8-9,13,15,25H,6-7,10-12,14H2,1-3H3. The van der Waals surface area contributed by atoms with Gasteiger partial charge in [0.25, 0.3) is 0 Å². The molecular weight excluding hydrogens is 376 g/mol. The molecule has 1 saturated heterocycles. The normalized spacial score (nSPS) is 18.2. The van der Waals surface area contributed by atoms with Crippen molar-refractivity contribution in [3.63, 3.8) is 0 Å². The van der Waals surface area contributed by atoms with Crippen LogP contribution in [0.2, 0.25) is 0 Å². The minimum Gasteiger partial charge on any atom is -0.383 e. The topological polar surface area (TPSA) is 61.6 Å². The lowest BCUT2D eigenvalue weighted by molar-refractivity contribution is 0.104. The molecule has 30 heavy (non-hydrogen) atoms. The minimum absolute atomic E-state index is 0.0391. The number of benzene rings is 2. The summed E-state index contributed by atoms with van der Waals surface area (Å²) in [5.41, 5.74) is 4.94. The summed E-state index contributed by atoms with van der Waals surface area (Å²) in [6.45, 7) is 5.94. The van der Waals surface area contributed by atoms with Gasteiger partial charge in [0.05, 0.1) is 16.6 Å². The van der Waals surface area contributed by atoms with Gasteiger partial charge in [0, 0.05) is 43.0 Å². The maximum Gasteiger partial charge on any atom is 0.196 e. The second-order valence-corrected chi connectivity index (χ2v) is 8.85. The maximum absolute atomic E-state index is 13.5. The fraction of sp³-hybridized carbons (Fsp3) is 0.417. The van der Waals surface area contributed by atoms with Crippen LogP contribution in [-0.4, -0.2) is 56.1 Å². The third kappa shape index (κ3) is 3.06. The van der Waals surface area contributed by atoms with Crippen LogP contribution >= 0.6 is 0 Å². The first-order valence-corrected chi connectivity index (χ1v) is 10.8. The van der Waals surface area contributed by atoms with Crippen LogP contribution in [0, 0.1) is 5.92 Å². The van der Waals surface area contributed by atoms with Crippen molar-refractivity contribution in [1.29, 1.82) is 0 Å². The number of piperidine rings is 1. The average molecular weight is 405 g/mol. The predicted octanol–water partition coefficient (Wildman–Crippen LogP) is 4.25. The van der Waals surface area contributed by atoms with E-state index in [1.54, 1.807) is 0 Å². The lowest BCUT2D eigenvalue weighted by Crippen LogP contribution is -2.34. The van der Waals surface area contributed by atoms with Crippen LogP contribution in [0.4, 0.5) is 11.4 Å². The van der Waals surface area contributed by atoms with Gasteiger partial charge in [-0.2, -0.15) is 0 Å². The van der Waals surface area contributed by atoms with E-state index in [9.17, 15) is 4.79 Å². The fourth-order valence-corrected chi connectivity index (χ4v) is 4.75. The minimum atomic E-state index is 0.0391. The van der Waals surface area contributed by atoms with Crippen molar-refractivity contribution in [2.24, 2.45) is 5.92 Å². The molecule has 1 unspecified atom stereocenters. The molecule has 1 aliphatic heterocycles. The van der Waals surface area contributed by atoms with Gasteiger partial charge in [0.1, 0.15) is 5.52 Å². The molecule has 0 amide bonds. The summed E-state index contributed by atoms with van der Waals surface area (Å²) >= 11 is 0. The van der Waals surface area contributed by atoms with E-state index in [0.717, 1.165) is 54.0 Å². The van der Waals surface area contributed by atoms with E-state index in [2.05, 4.69) is 47.4 Å². The third-order valence-corrected chi connectivity index (χ3v) is 6.25. The zero-order chi connectivity index (χ0) is 20.8. The Morgan fingerprint density at radius 2 is 2.07 bits per heavy atom. The number of anilines is 2. The quantitative estimate of drug-likeness (QED) is 0.537. The van der Waals surface area contributed by atoms with Gasteiger partial charge in [-0.3, -0.25) is 4.79 Å². The number of rotatable bonds is 5. The zero-order valence-electron chi connectivity index (χ0n) is 17.9. The van der Waals surface area contributed by atoms with E-state index in [1.165, 1.54) is 12.8 Å². The number of hydrogen-bond donors (Lipinski definition) is 1. The molecule has 1 fully saturated rings. The molecular formula is C24H28N4O2. The number of carbonyl (C=O) groups is 1. The second-order valence-electron chi connectivity index (χ2n) is 8.85. The highest BCUT2D eigenvalue weighted by molar-refractivity contribution is 6.28. The second kappa shape index (κ2) is 7.43. The molecule has 0 spiro atoms. The largest absolute Gasteiger partial charge is 0.383 e. The predicted molar refractivity (Wildman–Crippen MR) is 121 cm³/mol. The molecule has 1 aromatic heterocycles. The number of ketones is 1. The Hall–Kier alpha value is -2.86. The Labute approximate surface area is 176 Å². The highest BCUT2D eigenvalue weighted by atomic mass is 16.5. The molecule has 0 saturated carbocycles. The molecule has 1 N–H and O–H groups in total. The van der Waals surface area contributed by atoms with E-state index >= 15 is 0 Å². The van der Waals surface area contributed by atoms with E-state index in [4.69, 9.17) is 4.52 Å². The van der Waals surface area contributed by atoms with Gasteiger partial charge in [-0.15, -0.1) is 0 Å². The molecule has 2 aliphatic rings. The van der Waals surface area contributed by atoms with E-state index in [0.29, 0.717) is 22.8 Å². The van der Waals surface area contributed by atoms with Crippen molar-refractivity contribution in [2.75, 3.05) is 50.5 Å². The first kappa shape index (κ1) is 19.1. The summed E-state index contributed by atoms with van der Waals surface area (Å²) < 4.78 is 5.86. The molecule has 2 heterocycles. The first-order chi connectivity index (χ1) is 14.5. The molecule has 5 rings (SSSR count). The maximum atomic E-state index is 13.5. The van der Waals surface area contributed by atoms with Crippen molar-refractivity contribution in [2.45, 2.75) is 19.8 Å². The Morgan fingerprint density at radius 3 is 2.83 bits per heavy atom. The van der Waals surface area contributed by atoms with Crippen LogP contribution < -0.4 is 10.2 Å². The molecule has 6 nitrogen and oxygen atoms in total. The zero-order valence-corrected chi connectivity index (χ0v) is 17.9. The number of nitrogens with one attached hydrogen (secondary N) is 1. The Morgan fingerprint density at radius 1 is 1.27 bits per heavy atom. The van der Waals surface area contributed by atoms with E-state index in [-0.39, 0.29) is 5.78 Å². The smallest absolute Gasteiger partial charge is 0.196 e. The van der Waals surface area contributed by atoms with E-state index < -0.39 is 0 Å². The number of fused-ring (bicyclic) bond motifs is 2. The molecule has 6 heteroatoms. The van der Waals surface area contributed by atoms with Crippen molar-refractivity contribution >= 4 is 28.1 Å². The molecule has 1 aliphatic carbocycles. The summed E-state index contributed by atoms with van der Waals surface area (Å²) in [4.78, 5) is 18.1. The van der Waals surface area contributed by atoms with Gasteiger partial charge in [0.2, 0.25) is 0 Å². The van der Waals surface area contributed by atoms with Crippen LogP contribution in [-0.2, 0) is 0 Å². The summed E-state index contributed by atoms with van der Waals surface area (Å²) in [5, 5.41) is 8.85. The number of likely N-dealkylation sites (N-methyl/N-ethyl adjacent to an activating group) is 1. The highest BCUT2D eigenvalue weighted by Crippen LogP contribution is 2.46. The Bertz CT molecular complexity index is 1120. The van der Waals surface area contributed by atoms with Crippen molar-refractivity contribution in [3.8, 4) is 11.3 Å². The Kier molecular flexibility index (Phi) is 4.74. The summed E-state index contributed by atoms with van der Waals surface area (Å²) in [6, 6.07) is 9.78. The van der Waals surface area contributed by atoms with Crippen LogP contribution in [0.5, 0.6) is 0 Å². The molecule has 3 aromatic rings. The van der Waals surface area contributed by atoms with Gasteiger partial charge in [-0.05, 0) is 38.9 Å². The van der Waals surface area contributed by atoms with Crippen LogP contribution in [0.25, 0.3) is 22.2 Å². The van der Waals surface area contributed by atoms with E-state index in [1.807, 2.05) is 24.3 Å². The lowest BCUT2D eigenvalue weighted by Gasteiger charge is -2.33. The van der Waals surface area contributed by atoms with Crippen LogP contribution in [0.15, 0.2) is 34.9 Å². The highest BCUT2D eigenvalue weighted by Gasteiger charge is 2.34. The molecule has 156 valence electrons. The first-order valence-electron chi connectivity index (χ1n) is 10.8. The number of nitrogens with zero attached hydrogens (tertiary/aromatic N) is 3. The van der Waals surface area contributed by atoms with Crippen LogP contribution in [0.1, 0.15) is 35.7 Å². The van der Waals surface area contributed by atoms with Crippen molar-refractivity contribution in [3.05, 3.63) is 41.5 Å². The Balaban J connectivity index is 1.70. The SMILES string of the molecule is CC1CCCN(c2cc(NCCN(C)C)c3c4c(onc24)-c2ccccc2C3=O)C1. The van der Waals surface area contributed by atoms with Gasteiger partial charge in [0.15, 0.2) is 11.5 Å². The molecule has 2 aromatic carbocycles. The van der Waals surface area contributed by atoms with Crippen molar-refractivity contribution < 1.29 is 9.32 Å². The number of hydrogen-bond acceptors (Lipinski definition) is 6. The number of aromatic nitrogens is 1. The third-order valence-electron chi connectivity index (χ3n) is 6.25. The lowest BCUT2D eigenvalue weighted by atomic mass is 9.86. The molecule has 0 bridgehead atoms. The van der Waals surface area contributed by atoms with Gasteiger partial charge in [-0.25, -0.2) is 0 Å². The van der Waals surface area contributed by atoms with Gasteiger partial charge >= 0.3 is 0 Å². The summed E-state index contributed by atoms with van der Waals surface area (Å²) in [7, 11) is 4.10. The molecule has 0 radical (unpaired) electrons. The average Bonchev–Trinajstić information content (AvgIpc) is 3.17. The summed E-state index contributed by atoms with van der Waals surface area (Å²) in [6.07, 6.45) is 2.42. The number of carbonyl (C=O) groups excluding carboxylic acids is 1. The molecule has 1 atom stereocenters. The van der Waals surface area contributed by atoms with Gasteiger partial charge in [-0.1, -0.05) is 36.3 Å².